The fraction of sp³-hybridized carbons (Fsp3) is 0.273. The number of carbonyl (C=O) groups is 1. The van der Waals surface area contributed by atoms with Crippen LogP contribution >= 0.6 is 11.6 Å². The highest BCUT2D eigenvalue weighted by Crippen LogP contribution is 2.29. The van der Waals surface area contributed by atoms with Gasteiger partial charge in [-0.25, -0.2) is 0 Å². The molecule has 0 bridgehead atoms. The molecule has 4 rings (SSSR count). The lowest BCUT2D eigenvalue weighted by Gasteiger charge is -2.23. The first-order valence-corrected chi connectivity index (χ1v) is 9.93. The highest BCUT2D eigenvalue weighted by Gasteiger charge is 2.22. The van der Waals surface area contributed by atoms with E-state index in [0.717, 1.165) is 23.6 Å². The van der Waals surface area contributed by atoms with E-state index in [1.807, 2.05) is 31.2 Å². The standard InChI is InChI=1S/C22H21ClN2O4/c1-14-2-4-15(5-3-14)20-21(27)17-12-16(23)6-7-18(17)29-22(20)24-19(26)13-25-8-10-28-11-9-25/h2-7,12H,8-11,13H2,1H3,(H,24,26)/p+1. The van der Waals surface area contributed by atoms with Crippen molar-refractivity contribution in [3.8, 4) is 11.1 Å². The molecule has 1 aliphatic rings. The van der Waals surface area contributed by atoms with Crippen molar-refractivity contribution in [2.45, 2.75) is 6.92 Å². The number of ether oxygens (including phenoxy) is 1. The second-order valence-electron chi connectivity index (χ2n) is 7.23. The van der Waals surface area contributed by atoms with Gasteiger partial charge in [0.1, 0.15) is 18.7 Å². The number of carbonyl (C=O) groups excluding carboxylic acids is 1. The van der Waals surface area contributed by atoms with Crippen molar-refractivity contribution in [1.82, 2.24) is 0 Å². The van der Waals surface area contributed by atoms with E-state index in [1.54, 1.807) is 18.2 Å². The van der Waals surface area contributed by atoms with E-state index in [1.165, 1.54) is 0 Å². The Morgan fingerprint density at radius 1 is 1.14 bits per heavy atom. The molecule has 2 heterocycles. The van der Waals surface area contributed by atoms with Crippen LogP contribution in [0.4, 0.5) is 5.88 Å². The highest BCUT2D eigenvalue weighted by molar-refractivity contribution is 6.31. The molecule has 0 aliphatic carbocycles. The zero-order chi connectivity index (χ0) is 20.4. The Morgan fingerprint density at radius 3 is 2.59 bits per heavy atom. The van der Waals surface area contributed by atoms with Gasteiger partial charge in [0.15, 0.2) is 6.54 Å². The lowest BCUT2D eigenvalue weighted by molar-refractivity contribution is -0.899. The number of quaternary nitrogens is 1. The molecule has 29 heavy (non-hydrogen) atoms. The third-order valence-corrected chi connectivity index (χ3v) is 5.29. The van der Waals surface area contributed by atoms with Crippen molar-refractivity contribution < 1.29 is 18.8 Å². The molecule has 3 aromatic rings. The normalized spacial score (nSPS) is 14.8. The number of morpholine rings is 1. The topological polar surface area (TPSA) is 73.0 Å². The number of rotatable bonds is 4. The average Bonchev–Trinajstić information content (AvgIpc) is 2.71. The van der Waals surface area contributed by atoms with Crippen LogP contribution in [0.1, 0.15) is 5.56 Å². The summed E-state index contributed by atoms with van der Waals surface area (Å²) in [5.41, 5.74) is 2.23. The quantitative estimate of drug-likeness (QED) is 0.688. The Hall–Kier alpha value is -2.67. The minimum absolute atomic E-state index is 0.159. The minimum atomic E-state index is -0.230. The number of amides is 1. The minimum Gasteiger partial charge on any atom is -0.439 e. The van der Waals surface area contributed by atoms with Gasteiger partial charge in [-0.1, -0.05) is 41.4 Å². The van der Waals surface area contributed by atoms with Gasteiger partial charge in [-0.3, -0.25) is 14.9 Å². The summed E-state index contributed by atoms with van der Waals surface area (Å²) in [5.74, 6) is -0.0435. The molecule has 1 aromatic heterocycles. The maximum atomic E-state index is 13.3. The largest absolute Gasteiger partial charge is 0.439 e. The molecule has 1 saturated heterocycles. The molecule has 1 amide bonds. The summed E-state index contributed by atoms with van der Waals surface area (Å²) in [6.07, 6.45) is 0. The molecular weight excluding hydrogens is 392 g/mol. The lowest BCUT2D eigenvalue weighted by Crippen LogP contribution is -3.15. The van der Waals surface area contributed by atoms with Gasteiger partial charge < -0.3 is 14.1 Å². The molecule has 1 fully saturated rings. The molecular formula is C22H22ClN2O4+. The Balaban J connectivity index is 1.75. The van der Waals surface area contributed by atoms with Crippen molar-refractivity contribution in [3.63, 3.8) is 0 Å². The van der Waals surface area contributed by atoms with Gasteiger partial charge in [-0.2, -0.15) is 0 Å². The molecule has 2 aromatic carbocycles. The van der Waals surface area contributed by atoms with Gasteiger partial charge in [-0.15, -0.1) is 0 Å². The van der Waals surface area contributed by atoms with Crippen molar-refractivity contribution in [3.05, 3.63) is 63.3 Å². The van der Waals surface area contributed by atoms with Crippen molar-refractivity contribution in [2.24, 2.45) is 0 Å². The van der Waals surface area contributed by atoms with Gasteiger partial charge in [-0.05, 0) is 30.7 Å². The fourth-order valence-electron chi connectivity index (χ4n) is 3.47. The molecule has 1 aliphatic heterocycles. The van der Waals surface area contributed by atoms with E-state index in [2.05, 4.69) is 5.32 Å². The second kappa shape index (κ2) is 8.37. The maximum Gasteiger partial charge on any atom is 0.281 e. The Morgan fingerprint density at radius 2 is 1.86 bits per heavy atom. The molecule has 0 saturated carbocycles. The van der Waals surface area contributed by atoms with Crippen LogP contribution in [-0.2, 0) is 9.53 Å². The summed E-state index contributed by atoms with van der Waals surface area (Å²) in [6.45, 7) is 5.10. The predicted octanol–water partition coefficient (Wildman–Crippen LogP) is 2.28. The van der Waals surface area contributed by atoms with Crippen LogP contribution in [0.5, 0.6) is 0 Å². The summed E-state index contributed by atoms with van der Waals surface area (Å²) in [6, 6.07) is 12.4. The molecule has 7 heteroatoms. The van der Waals surface area contributed by atoms with Gasteiger partial charge in [0, 0.05) is 5.02 Å². The SMILES string of the molecule is Cc1ccc(-c2c(NC(=O)C[NH+]3CCOCC3)oc3ccc(Cl)cc3c2=O)cc1. The Labute approximate surface area is 173 Å². The summed E-state index contributed by atoms with van der Waals surface area (Å²) >= 11 is 6.08. The number of hydrogen-bond donors (Lipinski definition) is 2. The van der Waals surface area contributed by atoms with E-state index in [0.29, 0.717) is 46.9 Å². The van der Waals surface area contributed by atoms with Crippen molar-refractivity contribution in [1.29, 1.82) is 0 Å². The van der Waals surface area contributed by atoms with Gasteiger partial charge in [0.25, 0.3) is 5.91 Å². The van der Waals surface area contributed by atoms with Crippen LogP contribution in [0.15, 0.2) is 51.7 Å². The van der Waals surface area contributed by atoms with E-state index >= 15 is 0 Å². The molecule has 0 atom stereocenters. The first kappa shape index (κ1) is 19.6. The number of hydrogen-bond acceptors (Lipinski definition) is 4. The first-order chi connectivity index (χ1) is 14.0. The fourth-order valence-corrected chi connectivity index (χ4v) is 3.64. The third kappa shape index (κ3) is 4.34. The monoisotopic (exact) mass is 413 g/mol. The van der Waals surface area contributed by atoms with Crippen LogP contribution in [0.3, 0.4) is 0 Å². The first-order valence-electron chi connectivity index (χ1n) is 9.56. The molecule has 150 valence electrons. The van der Waals surface area contributed by atoms with Crippen molar-refractivity contribution >= 4 is 34.4 Å². The number of halogens is 1. The second-order valence-corrected chi connectivity index (χ2v) is 7.67. The smallest absolute Gasteiger partial charge is 0.281 e. The third-order valence-electron chi connectivity index (χ3n) is 5.06. The average molecular weight is 414 g/mol. The molecule has 0 unspecified atom stereocenters. The zero-order valence-corrected chi connectivity index (χ0v) is 16.8. The van der Waals surface area contributed by atoms with Gasteiger partial charge in [0.2, 0.25) is 11.3 Å². The number of anilines is 1. The molecule has 0 radical (unpaired) electrons. The summed E-state index contributed by atoms with van der Waals surface area (Å²) in [7, 11) is 0. The number of nitrogens with one attached hydrogen (secondary N) is 2. The van der Waals surface area contributed by atoms with Crippen LogP contribution in [0.25, 0.3) is 22.1 Å². The van der Waals surface area contributed by atoms with E-state index < -0.39 is 0 Å². The summed E-state index contributed by atoms with van der Waals surface area (Å²) in [4.78, 5) is 27.1. The Kier molecular flexibility index (Phi) is 5.67. The zero-order valence-electron chi connectivity index (χ0n) is 16.1. The van der Waals surface area contributed by atoms with E-state index in [9.17, 15) is 9.59 Å². The Bertz CT molecular complexity index is 1100. The molecule has 6 nitrogen and oxygen atoms in total. The summed E-state index contributed by atoms with van der Waals surface area (Å²) < 4.78 is 11.3. The van der Waals surface area contributed by atoms with Crippen LogP contribution in [0.2, 0.25) is 5.02 Å². The maximum absolute atomic E-state index is 13.3. The van der Waals surface area contributed by atoms with Crippen LogP contribution in [0, 0.1) is 6.92 Å². The van der Waals surface area contributed by atoms with Gasteiger partial charge in [0.05, 0.1) is 24.2 Å². The molecule has 0 spiro atoms. The lowest BCUT2D eigenvalue weighted by atomic mass is 10.0. The van der Waals surface area contributed by atoms with Crippen LogP contribution in [-0.4, -0.2) is 38.8 Å². The number of fused-ring (bicyclic) bond motifs is 1. The predicted molar refractivity (Wildman–Crippen MR) is 113 cm³/mol. The summed E-state index contributed by atoms with van der Waals surface area (Å²) in [5, 5.41) is 3.65. The van der Waals surface area contributed by atoms with Crippen molar-refractivity contribution in [2.75, 3.05) is 38.2 Å². The number of aryl methyl sites for hydroxylation is 1. The molecule has 2 N–H and O–H groups in total. The number of benzene rings is 2. The highest BCUT2D eigenvalue weighted by atomic mass is 35.5. The van der Waals surface area contributed by atoms with Crippen LogP contribution < -0.4 is 15.6 Å². The van der Waals surface area contributed by atoms with E-state index in [4.69, 9.17) is 20.8 Å². The van der Waals surface area contributed by atoms with Gasteiger partial charge >= 0.3 is 0 Å². The van der Waals surface area contributed by atoms with E-state index in [-0.39, 0.29) is 17.2 Å².